The van der Waals surface area contributed by atoms with Gasteiger partial charge in [0.1, 0.15) is 0 Å². The molecule has 5 nitrogen and oxygen atoms in total. The molecule has 0 bridgehead atoms. The number of nitrogens with one attached hydrogen (secondary N) is 1. The van der Waals surface area contributed by atoms with E-state index in [4.69, 9.17) is 5.11 Å². The first-order valence-corrected chi connectivity index (χ1v) is 9.14. The second-order valence-corrected chi connectivity index (χ2v) is 7.14. The molecule has 0 unspecified atom stereocenters. The summed E-state index contributed by atoms with van der Waals surface area (Å²) >= 11 is 0. The summed E-state index contributed by atoms with van der Waals surface area (Å²) in [6, 6.07) is 10.5. The summed E-state index contributed by atoms with van der Waals surface area (Å²) in [6.45, 7) is 4.88. The highest BCUT2D eigenvalue weighted by molar-refractivity contribution is 5.78. The van der Waals surface area contributed by atoms with E-state index in [2.05, 4.69) is 39.4 Å². The third-order valence-electron chi connectivity index (χ3n) is 4.99. The van der Waals surface area contributed by atoms with Crippen molar-refractivity contribution in [2.45, 2.75) is 19.3 Å². The first kappa shape index (κ1) is 17.2. The number of carbonyl (C=O) groups is 1. The molecule has 1 atom stereocenters. The molecular formula is C19H29N3O2. The summed E-state index contributed by atoms with van der Waals surface area (Å²) in [6.07, 6.45) is 3.65. The van der Waals surface area contributed by atoms with Gasteiger partial charge in [-0.15, -0.1) is 0 Å². The van der Waals surface area contributed by atoms with Gasteiger partial charge in [0.2, 0.25) is 5.91 Å². The number of nitrogens with zero attached hydrogens (tertiary/aromatic N) is 2. The largest absolute Gasteiger partial charge is 0.395 e. The first-order chi connectivity index (χ1) is 11.7. The zero-order valence-electron chi connectivity index (χ0n) is 14.4. The lowest BCUT2D eigenvalue weighted by molar-refractivity contribution is -0.122. The SMILES string of the molecule is O=C(CN(CCO)CC1CC1)NC[C@@H]1CCN(c2ccccc2)C1. The Hall–Kier alpha value is -1.59. The molecular weight excluding hydrogens is 302 g/mol. The van der Waals surface area contributed by atoms with E-state index >= 15 is 0 Å². The lowest BCUT2D eigenvalue weighted by Crippen LogP contribution is -2.41. The Labute approximate surface area is 144 Å². The van der Waals surface area contributed by atoms with Crippen LogP contribution in [-0.4, -0.2) is 61.8 Å². The number of aliphatic hydroxyl groups is 1. The topological polar surface area (TPSA) is 55.8 Å². The van der Waals surface area contributed by atoms with Crippen molar-refractivity contribution in [3.05, 3.63) is 30.3 Å². The molecule has 132 valence electrons. The number of hydrogen-bond acceptors (Lipinski definition) is 4. The number of amides is 1. The van der Waals surface area contributed by atoms with Crippen LogP contribution in [0.1, 0.15) is 19.3 Å². The fourth-order valence-electron chi connectivity index (χ4n) is 3.43. The molecule has 1 aliphatic heterocycles. The molecule has 1 aromatic carbocycles. The quantitative estimate of drug-likeness (QED) is 0.717. The van der Waals surface area contributed by atoms with E-state index in [1.165, 1.54) is 18.5 Å². The fraction of sp³-hybridized carbons (Fsp3) is 0.632. The van der Waals surface area contributed by atoms with Gasteiger partial charge in [0.15, 0.2) is 0 Å². The van der Waals surface area contributed by atoms with Crippen LogP contribution in [0.4, 0.5) is 5.69 Å². The molecule has 1 saturated heterocycles. The predicted molar refractivity (Wildman–Crippen MR) is 96.0 cm³/mol. The van der Waals surface area contributed by atoms with Crippen molar-refractivity contribution < 1.29 is 9.90 Å². The van der Waals surface area contributed by atoms with Gasteiger partial charge in [-0.1, -0.05) is 18.2 Å². The van der Waals surface area contributed by atoms with Gasteiger partial charge in [0, 0.05) is 38.4 Å². The Morgan fingerprint density at radius 2 is 2.00 bits per heavy atom. The third kappa shape index (κ3) is 5.21. The highest BCUT2D eigenvalue weighted by Crippen LogP contribution is 2.29. The maximum Gasteiger partial charge on any atom is 0.234 e. The summed E-state index contributed by atoms with van der Waals surface area (Å²) in [5.41, 5.74) is 1.27. The summed E-state index contributed by atoms with van der Waals surface area (Å²) in [5.74, 6) is 1.34. The molecule has 2 fully saturated rings. The molecule has 2 aliphatic rings. The molecule has 0 radical (unpaired) electrons. The first-order valence-electron chi connectivity index (χ1n) is 9.14. The maximum absolute atomic E-state index is 12.2. The second-order valence-electron chi connectivity index (χ2n) is 7.14. The highest BCUT2D eigenvalue weighted by atomic mass is 16.3. The van der Waals surface area contributed by atoms with Crippen molar-refractivity contribution in [1.29, 1.82) is 0 Å². The normalized spacial score (nSPS) is 20.6. The minimum Gasteiger partial charge on any atom is -0.395 e. The Morgan fingerprint density at radius 1 is 1.21 bits per heavy atom. The number of hydrogen-bond donors (Lipinski definition) is 2. The molecule has 0 spiro atoms. The number of aliphatic hydroxyl groups excluding tert-OH is 1. The summed E-state index contributed by atoms with van der Waals surface area (Å²) in [7, 11) is 0. The van der Waals surface area contributed by atoms with Gasteiger partial charge in [0.05, 0.1) is 13.2 Å². The Kier molecular flexibility index (Phi) is 6.10. The molecule has 24 heavy (non-hydrogen) atoms. The Balaban J connectivity index is 1.38. The predicted octanol–water partition coefficient (Wildman–Crippen LogP) is 1.33. The molecule has 2 N–H and O–H groups in total. The van der Waals surface area contributed by atoms with Crippen LogP contribution in [0, 0.1) is 11.8 Å². The van der Waals surface area contributed by atoms with Crippen LogP contribution in [0.15, 0.2) is 30.3 Å². The van der Waals surface area contributed by atoms with Crippen molar-refractivity contribution in [1.82, 2.24) is 10.2 Å². The Morgan fingerprint density at radius 3 is 2.71 bits per heavy atom. The van der Waals surface area contributed by atoms with Crippen LogP contribution in [0.25, 0.3) is 0 Å². The lowest BCUT2D eigenvalue weighted by atomic mass is 10.1. The van der Waals surface area contributed by atoms with E-state index in [9.17, 15) is 4.79 Å². The van der Waals surface area contributed by atoms with Gasteiger partial charge in [0.25, 0.3) is 0 Å². The molecule has 5 heteroatoms. The fourth-order valence-corrected chi connectivity index (χ4v) is 3.43. The monoisotopic (exact) mass is 331 g/mol. The number of carbonyl (C=O) groups excluding carboxylic acids is 1. The van der Waals surface area contributed by atoms with Crippen LogP contribution in [0.5, 0.6) is 0 Å². The second kappa shape index (κ2) is 8.49. The summed E-state index contributed by atoms with van der Waals surface area (Å²) in [4.78, 5) is 16.7. The van der Waals surface area contributed by atoms with Gasteiger partial charge in [-0.05, 0) is 43.2 Å². The average Bonchev–Trinajstić information content (AvgIpc) is 3.28. The zero-order valence-corrected chi connectivity index (χ0v) is 14.4. The van der Waals surface area contributed by atoms with Gasteiger partial charge in [-0.3, -0.25) is 9.69 Å². The molecule has 1 heterocycles. The number of rotatable bonds is 9. The molecule has 1 aliphatic carbocycles. The highest BCUT2D eigenvalue weighted by Gasteiger charge is 2.26. The van der Waals surface area contributed by atoms with Gasteiger partial charge in [-0.2, -0.15) is 0 Å². The minimum absolute atomic E-state index is 0.0854. The van der Waals surface area contributed by atoms with Crippen LogP contribution in [-0.2, 0) is 4.79 Å². The number of benzene rings is 1. The van der Waals surface area contributed by atoms with Gasteiger partial charge >= 0.3 is 0 Å². The van der Waals surface area contributed by atoms with Crippen LogP contribution in [0.3, 0.4) is 0 Å². The van der Waals surface area contributed by atoms with E-state index in [0.29, 0.717) is 19.0 Å². The smallest absolute Gasteiger partial charge is 0.234 e. The molecule has 0 aromatic heterocycles. The van der Waals surface area contributed by atoms with E-state index in [1.807, 2.05) is 6.07 Å². The standard InChI is InChI=1S/C19H29N3O2/c23-11-10-21(13-16-6-7-16)15-19(24)20-12-17-8-9-22(14-17)18-4-2-1-3-5-18/h1-5,16-17,23H,6-15H2,(H,20,24)/t17-/m0/s1. The van der Waals surface area contributed by atoms with E-state index in [0.717, 1.165) is 38.5 Å². The van der Waals surface area contributed by atoms with E-state index < -0.39 is 0 Å². The van der Waals surface area contributed by atoms with Crippen molar-refractivity contribution in [3.8, 4) is 0 Å². The third-order valence-corrected chi connectivity index (χ3v) is 4.99. The van der Waals surface area contributed by atoms with Crippen molar-refractivity contribution in [2.24, 2.45) is 11.8 Å². The summed E-state index contributed by atoms with van der Waals surface area (Å²) < 4.78 is 0. The molecule has 1 amide bonds. The zero-order chi connectivity index (χ0) is 16.8. The summed E-state index contributed by atoms with van der Waals surface area (Å²) in [5, 5.41) is 12.2. The number of para-hydroxylation sites is 1. The van der Waals surface area contributed by atoms with Crippen LogP contribution >= 0.6 is 0 Å². The van der Waals surface area contributed by atoms with Crippen LogP contribution < -0.4 is 10.2 Å². The molecule has 1 saturated carbocycles. The Bertz CT molecular complexity index is 519. The van der Waals surface area contributed by atoms with Crippen molar-refractivity contribution in [2.75, 3.05) is 50.8 Å². The maximum atomic E-state index is 12.2. The number of anilines is 1. The van der Waals surface area contributed by atoms with Crippen LogP contribution in [0.2, 0.25) is 0 Å². The molecule has 3 rings (SSSR count). The van der Waals surface area contributed by atoms with Crippen molar-refractivity contribution in [3.63, 3.8) is 0 Å². The minimum atomic E-state index is 0.0854. The van der Waals surface area contributed by atoms with Gasteiger partial charge < -0.3 is 15.3 Å². The van der Waals surface area contributed by atoms with E-state index in [1.54, 1.807) is 0 Å². The molecule has 1 aromatic rings. The van der Waals surface area contributed by atoms with Gasteiger partial charge in [-0.25, -0.2) is 0 Å². The van der Waals surface area contributed by atoms with E-state index in [-0.39, 0.29) is 12.5 Å². The lowest BCUT2D eigenvalue weighted by Gasteiger charge is -2.21. The van der Waals surface area contributed by atoms with Crippen molar-refractivity contribution >= 4 is 11.6 Å². The average molecular weight is 331 g/mol.